The summed E-state index contributed by atoms with van der Waals surface area (Å²) in [4.78, 5) is 11.1. The summed E-state index contributed by atoms with van der Waals surface area (Å²) < 4.78 is 33.7. The molecule has 1 aromatic rings. The van der Waals surface area contributed by atoms with Crippen LogP contribution in [0, 0.1) is 0 Å². The molecule has 0 saturated carbocycles. The van der Waals surface area contributed by atoms with Crippen LogP contribution in [0.15, 0.2) is 21.1 Å². The van der Waals surface area contributed by atoms with Crippen LogP contribution >= 0.6 is 31.9 Å². The number of alkyl halides is 2. The predicted octanol–water partition coefficient (Wildman–Crippen LogP) is 3.53. The number of rotatable bonds is 4. The average Bonchev–Trinajstić information content (AvgIpc) is 2.23. The van der Waals surface area contributed by atoms with E-state index in [4.69, 9.17) is 0 Å². The molecular formula is C10H8Br2F2O3. The van der Waals surface area contributed by atoms with Crippen molar-refractivity contribution in [3.8, 4) is 5.75 Å². The third-order valence-electron chi connectivity index (χ3n) is 1.84. The zero-order valence-corrected chi connectivity index (χ0v) is 11.8. The highest BCUT2D eigenvalue weighted by molar-refractivity contribution is 9.11. The second-order valence-electron chi connectivity index (χ2n) is 3.02. The van der Waals surface area contributed by atoms with E-state index in [1.807, 2.05) is 0 Å². The molecule has 0 bridgehead atoms. The van der Waals surface area contributed by atoms with Gasteiger partial charge in [0.2, 0.25) is 0 Å². The third kappa shape index (κ3) is 4.23. The van der Waals surface area contributed by atoms with E-state index in [1.165, 1.54) is 19.2 Å². The highest BCUT2D eigenvalue weighted by atomic mass is 79.9. The maximum Gasteiger partial charge on any atom is 0.387 e. The summed E-state index contributed by atoms with van der Waals surface area (Å²) in [5.41, 5.74) is 0.622. The molecule has 3 nitrogen and oxygen atoms in total. The minimum atomic E-state index is -2.91. The lowest BCUT2D eigenvalue weighted by Crippen LogP contribution is -2.06. The Kier molecular flexibility index (Phi) is 5.32. The predicted molar refractivity (Wildman–Crippen MR) is 64.2 cm³/mol. The van der Waals surface area contributed by atoms with Crippen molar-refractivity contribution in [2.75, 3.05) is 7.11 Å². The van der Waals surface area contributed by atoms with Crippen LogP contribution in [0.3, 0.4) is 0 Å². The fraction of sp³-hybridized carbons (Fsp3) is 0.300. The Morgan fingerprint density at radius 3 is 2.29 bits per heavy atom. The van der Waals surface area contributed by atoms with E-state index < -0.39 is 12.6 Å². The monoisotopic (exact) mass is 372 g/mol. The Bertz CT molecular complexity index is 401. The van der Waals surface area contributed by atoms with E-state index in [2.05, 4.69) is 41.3 Å². The van der Waals surface area contributed by atoms with Gasteiger partial charge in [0.1, 0.15) is 0 Å². The van der Waals surface area contributed by atoms with Crippen molar-refractivity contribution in [2.24, 2.45) is 0 Å². The molecular weight excluding hydrogens is 366 g/mol. The molecule has 1 rings (SSSR count). The number of halogens is 4. The zero-order chi connectivity index (χ0) is 13.0. The first-order valence-corrected chi connectivity index (χ1v) is 6.02. The molecule has 0 aliphatic carbocycles. The van der Waals surface area contributed by atoms with Gasteiger partial charge in [-0.2, -0.15) is 8.78 Å². The lowest BCUT2D eigenvalue weighted by molar-refractivity contribution is -0.139. The summed E-state index contributed by atoms with van der Waals surface area (Å²) in [6.07, 6.45) is 0.0582. The molecule has 0 heterocycles. The van der Waals surface area contributed by atoms with Gasteiger partial charge < -0.3 is 9.47 Å². The van der Waals surface area contributed by atoms with Crippen LogP contribution in [-0.2, 0) is 16.0 Å². The molecule has 17 heavy (non-hydrogen) atoms. The van der Waals surface area contributed by atoms with Crippen LogP contribution in [0.5, 0.6) is 5.75 Å². The summed E-state index contributed by atoms with van der Waals surface area (Å²) in [5.74, 6) is -0.417. The number of carbonyl (C=O) groups excluding carboxylic acids is 1. The summed E-state index contributed by atoms with van der Waals surface area (Å²) in [6.45, 7) is -2.91. The van der Waals surface area contributed by atoms with Crippen molar-refractivity contribution in [2.45, 2.75) is 13.0 Å². The van der Waals surface area contributed by atoms with Gasteiger partial charge in [0.25, 0.3) is 0 Å². The Balaban J connectivity index is 2.96. The Labute approximate surface area is 113 Å². The second kappa shape index (κ2) is 6.30. The van der Waals surface area contributed by atoms with E-state index >= 15 is 0 Å². The summed E-state index contributed by atoms with van der Waals surface area (Å²) in [7, 11) is 1.28. The van der Waals surface area contributed by atoms with Gasteiger partial charge in [0, 0.05) is 0 Å². The van der Waals surface area contributed by atoms with Gasteiger partial charge in [-0.05, 0) is 49.6 Å². The molecule has 0 unspecified atom stereocenters. The zero-order valence-electron chi connectivity index (χ0n) is 8.68. The smallest absolute Gasteiger partial charge is 0.387 e. The summed E-state index contributed by atoms with van der Waals surface area (Å²) in [6, 6.07) is 3.05. The summed E-state index contributed by atoms with van der Waals surface area (Å²) in [5, 5.41) is 0. The van der Waals surface area contributed by atoms with Crippen molar-refractivity contribution < 1.29 is 23.0 Å². The van der Waals surface area contributed by atoms with Gasteiger partial charge in [-0.15, -0.1) is 0 Å². The van der Waals surface area contributed by atoms with Crippen molar-refractivity contribution in [3.63, 3.8) is 0 Å². The second-order valence-corrected chi connectivity index (χ2v) is 4.73. The topological polar surface area (TPSA) is 35.5 Å². The number of carbonyl (C=O) groups is 1. The molecule has 0 N–H and O–H groups in total. The van der Waals surface area contributed by atoms with Gasteiger partial charge in [0.15, 0.2) is 5.75 Å². The highest BCUT2D eigenvalue weighted by Gasteiger charge is 2.14. The van der Waals surface area contributed by atoms with Gasteiger partial charge in [-0.25, -0.2) is 0 Å². The average molecular weight is 374 g/mol. The van der Waals surface area contributed by atoms with Crippen LogP contribution in [0.2, 0.25) is 0 Å². The minimum Gasteiger partial charge on any atom is -0.469 e. The normalized spacial score (nSPS) is 10.5. The maximum absolute atomic E-state index is 12.1. The molecule has 7 heteroatoms. The SMILES string of the molecule is COC(=O)Cc1cc(Br)c(OC(F)F)c(Br)c1. The maximum atomic E-state index is 12.1. The first-order chi connectivity index (χ1) is 7.93. The van der Waals surface area contributed by atoms with E-state index in [-0.39, 0.29) is 12.2 Å². The van der Waals surface area contributed by atoms with Crippen LogP contribution in [0.4, 0.5) is 8.78 Å². The Morgan fingerprint density at radius 2 is 1.88 bits per heavy atom. The van der Waals surface area contributed by atoms with Gasteiger partial charge in [-0.3, -0.25) is 4.79 Å². The van der Waals surface area contributed by atoms with Crippen LogP contribution in [0.25, 0.3) is 0 Å². The van der Waals surface area contributed by atoms with E-state index in [1.54, 1.807) is 0 Å². The number of hydrogen-bond donors (Lipinski definition) is 0. The van der Waals surface area contributed by atoms with E-state index in [9.17, 15) is 13.6 Å². The molecule has 1 aromatic carbocycles. The molecule has 0 amide bonds. The molecule has 0 spiro atoms. The first kappa shape index (κ1) is 14.4. The van der Waals surface area contributed by atoms with Gasteiger partial charge in [-0.1, -0.05) is 0 Å². The van der Waals surface area contributed by atoms with Crippen LogP contribution in [-0.4, -0.2) is 19.7 Å². The van der Waals surface area contributed by atoms with Crippen molar-refractivity contribution in [3.05, 3.63) is 26.6 Å². The fourth-order valence-corrected chi connectivity index (χ4v) is 2.62. The molecule has 0 radical (unpaired) electrons. The fourth-order valence-electron chi connectivity index (χ4n) is 1.15. The number of hydrogen-bond acceptors (Lipinski definition) is 3. The molecule has 0 aromatic heterocycles. The largest absolute Gasteiger partial charge is 0.469 e. The Morgan fingerprint density at radius 1 is 1.35 bits per heavy atom. The van der Waals surface area contributed by atoms with Crippen molar-refractivity contribution >= 4 is 37.8 Å². The van der Waals surface area contributed by atoms with Gasteiger partial charge >= 0.3 is 12.6 Å². The number of benzene rings is 1. The van der Waals surface area contributed by atoms with Gasteiger partial charge in [0.05, 0.1) is 22.5 Å². The van der Waals surface area contributed by atoms with Crippen molar-refractivity contribution in [1.82, 2.24) is 0 Å². The van der Waals surface area contributed by atoms with Crippen LogP contribution in [0.1, 0.15) is 5.56 Å². The molecule has 0 atom stereocenters. The van der Waals surface area contributed by atoms with Crippen molar-refractivity contribution in [1.29, 1.82) is 0 Å². The lowest BCUT2D eigenvalue weighted by atomic mass is 10.1. The number of methoxy groups -OCH3 is 1. The van der Waals surface area contributed by atoms with E-state index in [0.717, 1.165) is 0 Å². The number of esters is 1. The molecule has 0 saturated heterocycles. The molecule has 0 aliphatic rings. The molecule has 0 fully saturated rings. The molecule has 94 valence electrons. The lowest BCUT2D eigenvalue weighted by Gasteiger charge is -2.10. The number of ether oxygens (including phenoxy) is 2. The highest BCUT2D eigenvalue weighted by Crippen LogP contribution is 2.35. The summed E-state index contributed by atoms with van der Waals surface area (Å²) >= 11 is 6.20. The minimum absolute atomic E-state index is 0.00591. The van der Waals surface area contributed by atoms with E-state index in [0.29, 0.717) is 14.5 Å². The standard InChI is InChI=1S/C10H8Br2F2O3/c1-16-8(15)4-5-2-6(11)9(7(12)3-5)17-10(13)14/h2-3,10H,4H2,1H3. The molecule has 0 aliphatic heterocycles. The van der Waals surface area contributed by atoms with Crippen LogP contribution < -0.4 is 4.74 Å². The Hall–Kier alpha value is -0.690. The first-order valence-electron chi connectivity index (χ1n) is 4.43. The third-order valence-corrected chi connectivity index (χ3v) is 3.02. The quantitative estimate of drug-likeness (QED) is 0.757.